The van der Waals surface area contributed by atoms with E-state index < -0.39 is 0 Å². The van der Waals surface area contributed by atoms with Crippen molar-refractivity contribution in [3.05, 3.63) is 89.8 Å². The molecular formula is C25H22N4O. The standard InChI is InChI=1S/C25H22N4O/c1-16-25-24(22-13-26-15-30-22)27-14-29(25)21-11-10-19(17-8-5-9-17)12-20(21)23(28-16)18-6-3-2-4-7-18/h2-4,6-7,10-17H,5,8-9H2,1H3/t16-/m1/s1. The van der Waals surface area contributed by atoms with Gasteiger partial charge < -0.3 is 4.42 Å². The highest BCUT2D eigenvalue weighted by atomic mass is 16.3. The van der Waals surface area contributed by atoms with Crippen molar-refractivity contribution in [2.75, 3.05) is 0 Å². The van der Waals surface area contributed by atoms with Gasteiger partial charge in [0.25, 0.3) is 0 Å². The number of oxazole rings is 1. The summed E-state index contributed by atoms with van der Waals surface area (Å²) in [7, 11) is 0. The van der Waals surface area contributed by atoms with Gasteiger partial charge >= 0.3 is 0 Å². The van der Waals surface area contributed by atoms with E-state index >= 15 is 0 Å². The molecule has 0 N–H and O–H groups in total. The van der Waals surface area contributed by atoms with Gasteiger partial charge in [-0.3, -0.25) is 9.56 Å². The Morgan fingerprint density at radius 1 is 1.07 bits per heavy atom. The molecule has 4 aromatic rings. The average Bonchev–Trinajstić information content (AvgIpc) is 3.39. The molecule has 0 radical (unpaired) electrons. The van der Waals surface area contributed by atoms with Crippen LogP contribution in [0.2, 0.25) is 0 Å². The molecule has 0 bridgehead atoms. The highest BCUT2D eigenvalue weighted by molar-refractivity contribution is 6.15. The second kappa shape index (κ2) is 6.80. The summed E-state index contributed by atoms with van der Waals surface area (Å²) in [6.45, 7) is 2.12. The molecule has 3 heterocycles. The summed E-state index contributed by atoms with van der Waals surface area (Å²) in [5.41, 5.74) is 7.68. The SMILES string of the molecule is C[C@H]1N=C(c2ccccc2)c2cc(C3CCC3)ccc2-n2cnc(-c3cnco3)c21. The lowest BCUT2D eigenvalue weighted by Crippen LogP contribution is -2.12. The van der Waals surface area contributed by atoms with E-state index in [0.29, 0.717) is 11.7 Å². The third kappa shape index (κ3) is 2.65. The average molecular weight is 394 g/mol. The molecule has 148 valence electrons. The van der Waals surface area contributed by atoms with E-state index in [1.165, 1.54) is 31.2 Å². The van der Waals surface area contributed by atoms with Gasteiger partial charge in [-0.1, -0.05) is 42.8 Å². The van der Waals surface area contributed by atoms with Crippen molar-refractivity contribution in [3.63, 3.8) is 0 Å². The fraction of sp³-hybridized carbons (Fsp3) is 0.240. The van der Waals surface area contributed by atoms with Crippen molar-refractivity contribution in [1.82, 2.24) is 14.5 Å². The molecule has 6 rings (SSSR count). The molecule has 2 aliphatic rings. The first kappa shape index (κ1) is 17.4. The number of aliphatic imine (C=N–C) groups is 1. The van der Waals surface area contributed by atoms with Crippen LogP contribution in [-0.2, 0) is 0 Å². The number of hydrogen-bond acceptors (Lipinski definition) is 4. The number of fused-ring (bicyclic) bond motifs is 3. The zero-order valence-electron chi connectivity index (χ0n) is 16.8. The molecule has 1 atom stereocenters. The molecule has 0 unspecified atom stereocenters. The van der Waals surface area contributed by atoms with Crippen LogP contribution in [0.1, 0.15) is 60.5 Å². The topological polar surface area (TPSA) is 56.2 Å². The number of imidazole rings is 1. The lowest BCUT2D eigenvalue weighted by atomic mass is 9.79. The van der Waals surface area contributed by atoms with Crippen LogP contribution in [0.3, 0.4) is 0 Å². The van der Waals surface area contributed by atoms with E-state index in [0.717, 1.165) is 33.9 Å². The van der Waals surface area contributed by atoms with Crippen LogP contribution in [0.15, 0.2) is 76.9 Å². The summed E-state index contributed by atoms with van der Waals surface area (Å²) in [6, 6.07) is 17.3. The molecule has 0 amide bonds. The van der Waals surface area contributed by atoms with Gasteiger partial charge in [-0.2, -0.15) is 0 Å². The maximum absolute atomic E-state index is 5.57. The van der Waals surface area contributed by atoms with Gasteiger partial charge in [0.1, 0.15) is 12.0 Å². The Kier molecular flexibility index (Phi) is 3.94. The number of benzene rings is 2. The molecule has 30 heavy (non-hydrogen) atoms. The van der Waals surface area contributed by atoms with Crippen LogP contribution in [0.25, 0.3) is 17.1 Å². The highest BCUT2D eigenvalue weighted by Crippen LogP contribution is 2.40. The smallest absolute Gasteiger partial charge is 0.181 e. The van der Waals surface area contributed by atoms with E-state index in [2.05, 4.69) is 63.9 Å². The Morgan fingerprint density at radius 3 is 2.67 bits per heavy atom. The second-order valence-corrected chi connectivity index (χ2v) is 8.14. The summed E-state index contributed by atoms with van der Waals surface area (Å²) >= 11 is 0. The van der Waals surface area contributed by atoms with Crippen LogP contribution < -0.4 is 0 Å². The number of aromatic nitrogens is 3. The lowest BCUT2D eigenvalue weighted by Gasteiger charge is -2.27. The first-order chi connectivity index (χ1) is 14.8. The molecule has 1 saturated carbocycles. The van der Waals surface area contributed by atoms with Crippen LogP contribution in [-0.4, -0.2) is 20.2 Å². The quantitative estimate of drug-likeness (QED) is 0.447. The highest BCUT2D eigenvalue weighted by Gasteiger charge is 2.29. The third-order valence-electron chi connectivity index (χ3n) is 6.35. The predicted octanol–water partition coefficient (Wildman–Crippen LogP) is 5.71. The molecule has 0 spiro atoms. The van der Waals surface area contributed by atoms with Gasteiger partial charge in [0, 0.05) is 11.1 Å². The first-order valence-corrected chi connectivity index (χ1v) is 10.5. The molecule has 1 aliphatic heterocycles. The predicted molar refractivity (Wildman–Crippen MR) is 116 cm³/mol. The second-order valence-electron chi connectivity index (χ2n) is 8.14. The number of nitrogens with zero attached hydrogens (tertiary/aromatic N) is 4. The fourth-order valence-electron chi connectivity index (χ4n) is 4.57. The van der Waals surface area contributed by atoms with Gasteiger partial charge in [-0.25, -0.2) is 9.97 Å². The summed E-state index contributed by atoms with van der Waals surface area (Å²) in [6.07, 6.45) is 8.92. The minimum Gasteiger partial charge on any atom is -0.442 e. The van der Waals surface area contributed by atoms with Crippen molar-refractivity contribution in [3.8, 4) is 17.1 Å². The maximum Gasteiger partial charge on any atom is 0.181 e. The van der Waals surface area contributed by atoms with E-state index in [1.807, 2.05) is 12.4 Å². The molecule has 1 fully saturated rings. The molecule has 0 saturated heterocycles. The van der Waals surface area contributed by atoms with Crippen molar-refractivity contribution in [1.29, 1.82) is 0 Å². The molecule has 1 aliphatic carbocycles. The van der Waals surface area contributed by atoms with Gasteiger partial charge in [-0.05, 0) is 43.4 Å². The summed E-state index contributed by atoms with van der Waals surface area (Å²) in [4.78, 5) is 14.0. The molecular weight excluding hydrogens is 372 g/mol. The largest absolute Gasteiger partial charge is 0.442 e. The fourth-order valence-corrected chi connectivity index (χ4v) is 4.57. The van der Waals surface area contributed by atoms with E-state index in [4.69, 9.17) is 9.41 Å². The Hall–Kier alpha value is -3.47. The zero-order chi connectivity index (χ0) is 20.1. The van der Waals surface area contributed by atoms with Crippen LogP contribution in [0.4, 0.5) is 0 Å². The molecule has 5 heteroatoms. The van der Waals surface area contributed by atoms with E-state index in [9.17, 15) is 0 Å². The number of hydrogen-bond donors (Lipinski definition) is 0. The number of rotatable bonds is 3. The first-order valence-electron chi connectivity index (χ1n) is 10.5. The van der Waals surface area contributed by atoms with Crippen LogP contribution >= 0.6 is 0 Å². The summed E-state index contributed by atoms with van der Waals surface area (Å²) in [5, 5.41) is 0. The van der Waals surface area contributed by atoms with Gasteiger partial charge in [0.15, 0.2) is 12.2 Å². The monoisotopic (exact) mass is 394 g/mol. The van der Waals surface area contributed by atoms with Crippen molar-refractivity contribution >= 4 is 5.71 Å². The third-order valence-corrected chi connectivity index (χ3v) is 6.35. The maximum atomic E-state index is 5.57. The van der Waals surface area contributed by atoms with Crippen LogP contribution in [0.5, 0.6) is 0 Å². The van der Waals surface area contributed by atoms with Gasteiger partial charge in [0.2, 0.25) is 0 Å². The Labute approximate surface area is 175 Å². The lowest BCUT2D eigenvalue weighted by molar-refractivity contribution is 0.419. The molecule has 2 aromatic carbocycles. The van der Waals surface area contributed by atoms with E-state index in [-0.39, 0.29) is 6.04 Å². The molecule has 2 aromatic heterocycles. The molecule has 5 nitrogen and oxygen atoms in total. The summed E-state index contributed by atoms with van der Waals surface area (Å²) < 4.78 is 7.74. The summed E-state index contributed by atoms with van der Waals surface area (Å²) in [5.74, 6) is 1.33. The van der Waals surface area contributed by atoms with Crippen LogP contribution in [0, 0.1) is 0 Å². The van der Waals surface area contributed by atoms with Crippen molar-refractivity contribution < 1.29 is 4.42 Å². The van der Waals surface area contributed by atoms with Gasteiger partial charge in [0.05, 0.1) is 29.3 Å². The van der Waals surface area contributed by atoms with E-state index in [1.54, 1.807) is 6.20 Å². The van der Waals surface area contributed by atoms with Crippen molar-refractivity contribution in [2.24, 2.45) is 4.99 Å². The zero-order valence-corrected chi connectivity index (χ0v) is 16.8. The Balaban J connectivity index is 1.60. The Bertz CT molecular complexity index is 1230. The van der Waals surface area contributed by atoms with Crippen molar-refractivity contribution in [2.45, 2.75) is 38.1 Å². The Morgan fingerprint density at radius 2 is 1.93 bits per heavy atom. The van der Waals surface area contributed by atoms with Gasteiger partial charge in [-0.15, -0.1) is 0 Å². The normalized spacial score (nSPS) is 18.2. The minimum absolute atomic E-state index is 0.0811. The minimum atomic E-state index is -0.0811.